The molecular weight excluding hydrogens is 921 g/mol. The van der Waals surface area contributed by atoms with Crippen molar-refractivity contribution >= 4 is 87.2 Å². The van der Waals surface area contributed by atoms with Gasteiger partial charge in [-0.25, -0.2) is 0 Å². The van der Waals surface area contributed by atoms with Gasteiger partial charge in [0.2, 0.25) is 0 Å². The molecule has 0 saturated heterocycles. The molecule has 354 valence electrons. The van der Waals surface area contributed by atoms with Crippen molar-refractivity contribution in [1.82, 2.24) is 18.3 Å². The highest BCUT2D eigenvalue weighted by molar-refractivity contribution is 6.17. The third kappa shape index (κ3) is 6.38. The van der Waals surface area contributed by atoms with E-state index in [0.29, 0.717) is 0 Å². The van der Waals surface area contributed by atoms with Gasteiger partial charge in [-0.2, -0.15) is 0 Å². The molecule has 0 aliphatic rings. The Morgan fingerprint density at radius 2 is 0.539 bits per heavy atom. The first-order valence-corrected chi connectivity index (χ1v) is 26.2. The molecule has 4 aromatic heterocycles. The summed E-state index contributed by atoms with van der Waals surface area (Å²) in [6, 6.07) is 102. The van der Waals surface area contributed by atoms with Gasteiger partial charge < -0.3 is 18.3 Å². The summed E-state index contributed by atoms with van der Waals surface area (Å²) in [5.41, 5.74) is 21.2. The first kappa shape index (κ1) is 42.4. The first-order chi connectivity index (χ1) is 37.7. The number of para-hydroxylation sites is 6. The van der Waals surface area contributed by atoms with Gasteiger partial charge in [-0.3, -0.25) is 0 Å². The van der Waals surface area contributed by atoms with E-state index in [4.69, 9.17) is 0 Å². The Morgan fingerprint density at radius 3 is 1.14 bits per heavy atom. The van der Waals surface area contributed by atoms with Crippen LogP contribution in [0.4, 0.5) is 0 Å². The summed E-state index contributed by atoms with van der Waals surface area (Å²) < 4.78 is 9.67. The van der Waals surface area contributed by atoms with Crippen LogP contribution in [0.15, 0.2) is 279 Å². The molecule has 0 amide bonds. The van der Waals surface area contributed by atoms with Gasteiger partial charge in [0.15, 0.2) is 0 Å². The number of nitrogens with zero attached hydrogens (tertiary/aromatic N) is 4. The Bertz CT molecular complexity index is 4920. The zero-order valence-corrected chi connectivity index (χ0v) is 41.3. The van der Waals surface area contributed by atoms with E-state index >= 15 is 0 Å². The van der Waals surface area contributed by atoms with Crippen molar-refractivity contribution in [3.05, 3.63) is 279 Å². The van der Waals surface area contributed by atoms with E-state index in [9.17, 15) is 0 Å². The minimum atomic E-state index is 1.13. The summed E-state index contributed by atoms with van der Waals surface area (Å²) in [6.45, 7) is 0. The molecule has 4 heteroatoms. The third-order valence-corrected chi connectivity index (χ3v) is 16.0. The first-order valence-electron chi connectivity index (χ1n) is 26.2. The van der Waals surface area contributed by atoms with Gasteiger partial charge in [0.1, 0.15) is 0 Å². The van der Waals surface area contributed by atoms with Gasteiger partial charge in [-0.05, 0) is 137 Å². The minimum Gasteiger partial charge on any atom is -0.309 e. The predicted molar refractivity (Wildman–Crippen MR) is 320 cm³/mol. The lowest BCUT2D eigenvalue weighted by Gasteiger charge is -2.12. The van der Waals surface area contributed by atoms with Gasteiger partial charge in [0, 0.05) is 65.8 Å². The molecule has 16 rings (SSSR count). The van der Waals surface area contributed by atoms with E-state index < -0.39 is 0 Å². The van der Waals surface area contributed by atoms with Crippen LogP contribution < -0.4 is 0 Å². The number of hydrogen-bond acceptors (Lipinski definition) is 0. The molecule has 0 aliphatic heterocycles. The highest BCUT2D eigenvalue weighted by atomic mass is 15.0. The summed E-state index contributed by atoms with van der Waals surface area (Å²) in [5.74, 6) is 0. The Hall–Kier alpha value is -10.2. The van der Waals surface area contributed by atoms with Crippen molar-refractivity contribution in [1.29, 1.82) is 0 Å². The van der Waals surface area contributed by atoms with Crippen molar-refractivity contribution < 1.29 is 0 Å². The zero-order chi connectivity index (χ0) is 49.8. The number of rotatable bonds is 7. The Balaban J connectivity index is 0.814. The monoisotopic (exact) mass is 966 g/mol. The Kier molecular flexibility index (Phi) is 9.30. The maximum Gasteiger partial charge on any atom is 0.0547 e. The SMILES string of the molecule is c1ccc(-n2c3ccccc3c3cc(-c4ccc5c6ccccc6n(-c6ccc(-c7cccc8c7c7ccc(-c9cccc(-n%10c%11ccccc%11c%11ccccc%11%10)c9)cc7n8-c7ccccc7)cc6)c5c4)ccc32)cc1. The molecule has 76 heavy (non-hydrogen) atoms. The fourth-order valence-electron chi connectivity index (χ4n) is 12.6. The van der Waals surface area contributed by atoms with E-state index in [0.717, 1.165) is 22.7 Å². The van der Waals surface area contributed by atoms with Crippen molar-refractivity contribution in [2.45, 2.75) is 0 Å². The Morgan fingerprint density at radius 1 is 0.171 bits per heavy atom. The average Bonchev–Trinajstić information content (AvgIpc) is 4.35. The normalized spacial score (nSPS) is 11.9. The fraction of sp³-hybridized carbons (Fsp3) is 0. The second kappa shape index (κ2) is 16.7. The van der Waals surface area contributed by atoms with E-state index in [1.54, 1.807) is 0 Å². The molecule has 0 saturated carbocycles. The average molecular weight is 967 g/mol. The topological polar surface area (TPSA) is 19.7 Å². The van der Waals surface area contributed by atoms with Crippen LogP contribution in [0.3, 0.4) is 0 Å². The molecule has 0 unspecified atom stereocenters. The smallest absolute Gasteiger partial charge is 0.0547 e. The molecule has 16 aromatic rings. The standard InChI is InChI=1S/C72H46N4/c1-3-18-52(19-4-1)73-67-31-14-10-26-60(67)63-44-49(37-42-68(63)73)51-35-40-61-59-25-9-11-28-64(59)74(70(61)45-51)54-38-33-47(34-39-54)56-27-16-32-69-72(56)62-41-36-50(46-71(62)75(69)53-20-5-2-6-21-53)48-17-15-22-55(43-48)76-65-29-12-7-23-57(65)58-24-8-13-30-66(58)76/h1-46H. The number of aromatic nitrogens is 4. The molecule has 0 aliphatic carbocycles. The van der Waals surface area contributed by atoms with Crippen LogP contribution in [-0.2, 0) is 0 Å². The summed E-state index contributed by atoms with van der Waals surface area (Å²) in [6.07, 6.45) is 0. The van der Waals surface area contributed by atoms with Gasteiger partial charge in [-0.15, -0.1) is 0 Å². The van der Waals surface area contributed by atoms with Crippen LogP contribution in [0.2, 0.25) is 0 Å². The molecule has 0 atom stereocenters. The van der Waals surface area contributed by atoms with Crippen LogP contribution in [0.25, 0.3) is 143 Å². The van der Waals surface area contributed by atoms with E-state index in [-0.39, 0.29) is 0 Å². The highest BCUT2D eigenvalue weighted by Crippen LogP contribution is 2.43. The van der Waals surface area contributed by atoms with E-state index in [2.05, 4.69) is 297 Å². The maximum atomic E-state index is 2.44. The largest absolute Gasteiger partial charge is 0.309 e. The molecule has 4 heterocycles. The fourth-order valence-corrected chi connectivity index (χ4v) is 12.6. The van der Waals surface area contributed by atoms with Crippen molar-refractivity contribution in [2.24, 2.45) is 0 Å². The van der Waals surface area contributed by atoms with Crippen molar-refractivity contribution in [3.8, 4) is 56.1 Å². The van der Waals surface area contributed by atoms with Gasteiger partial charge >= 0.3 is 0 Å². The van der Waals surface area contributed by atoms with E-state index in [1.165, 1.54) is 121 Å². The highest BCUT2D eigenvalue weighted by Gasteiger charge is 2.20. The zero-order valence-electron chi connectivity index (χ0n) is 41.3. The molecule has 0 radical (unpaired) electrons. The molecule has 0 fully saturated rings. The molecule has 12 aromatic carbocycles. The lowest BCUT2D eigenvalue weighted by molar-refractivity contribution is 1.18. The minimum absolute atomic E-state index is 1.13. The predicted octanol–water partition coefficient (Wildman–Crippen LogP) is 19.1. The molecule has 0 N–H and O–H groups in total. The second-order valence-corrected chi connectivity index (χ2v) is 20.1. The summed E-state index contributed by atoms with van der Waals surface area (Å²) in [5, 5.41) is 9.96. The van der Waals surface area contributed by atoms with Crippen molar-refractivity contribution in [3.63, 3.8) is 0 Å². The quantitative estimate of drug-likeness (QED) is 0.152. The summed E-state index contributed by atoms with van der Waals surface area (Å²) in [7, 11) is 0. The van der Waals surface area contributed by atoms with Gasteiger partial charge in [0.05, 0.1) is 44.1 Å². The molecule has 0 spiro atoms. The van der Waals surface area contributed by atoms with Gasteiger partial charge in [0.25, 0.3) is 0 Å². The summed E-state index contributed by atoms with van der Waals surface area (Å²) in [4.78, 5) is 0. The molecule has 4 nitrogen and oxygen atoms in total. The van der Waals surface area contributed by atoms with Crippen LogP contribution in [0.1, 0.15) is 0 Å². The molecule has 0 bridgehead atoms. The maximum absolute atomic E-state index is 2.44. The van der Waals surface area contributed by atoms with Crippen LogP contribution in [0, 0.1) is 0 Å². The number of fused-ring (bicyclic) bond motifs is 12. The number of hydrogen-bond donors (Lipinski definition) is 0. The second-order valence-electron chi connectivity index (χ2n) is 20.1. The van der Waals surface area contributed by atoms with Crippen LogP contribution in [0.5, 0.6) is 0 Å². The molecular formula is C72H46N4. The lowest BCUT2D eigenvalue weighted by atomic mass is 9.97. The number of benzene rings is 12. The summed E-state index contributed by atoms with van der Waals surface area (Å²) >= 11 is 0. The van der Waals surface area contributed by atoms with Crippen molar-refractivity contribution in [2.75, 3.05) is 0 Å². The Labute approximate surface area is 438 Å². The lowest BCUT2D eigenvalue weighted by Crippen LogP contribution is -1.95. The van der Waals surface area contributed by atoms with E-state index in [1.807, 2.05) is 0 Å². The third-order valence-electron chi connectivity index (χ3n) is 16.0. The van der Waals surface area contributed by atoms with Gasteiger partial charge in [-0.1, -0.05) is 176 Å². The van der Waals surface area contributed by atoms with Crippen LogP contribution >= 0.6 is 0 Å². The van der Waals surface area contributed by atoms with Crippen LogP contribution in [-0.4, -0.2) is 18.3 Å².